The van der Waals surface area contributed by atoms with Crippen LogP contribution in [-0.2, 0) is 21.0 Å². The summed E-state index contributed by atoms with van der Waals surface area (Å²) in [5.41, 5.74) is 1.99. The third kappa shape index (κ3) is 4.88. The molecule has 1 unspecified atom stereocenters. The van der Waals surface area contributed by atoms with Gasteiger partial charge in [0.25, 0.3) is 10.4 Å². The molecule has 29 heavy (non-hydrogen) atoms. The molecule has 0 radical (unpaired) electrons. The fraction of sp³-hybridized carbons (Fsp3) is 0.684. The number of benzene rings is 1. The lowest BCUT2D eigenvalue weighted by molar-refractivity contribution is -0.385. The number of nitro benzene ring substituents is 1. The number of piperazine rings is 1. The van der Waals surface area contributed by atoms with Crippen molar-refractivity contribution in [3.63, 3.8) is 0 Å². The van der Waals surface area contributed by atoms with Gasteiger partial charge in [-0.2, -0.15) is 4.55 Å². The quantitative estimate of drug-likeness (QED) is 0.422. The van der Waals surface area contributed by atoms with Crippen LogP contribution in [0.3, 0.4) is 0 Å². The summed E-state index contributed by atoms with van der Waals surface area (Å²) in [6.45, 7) is 6.61. The van der Waals surface area contributed by atoms with Crippen molar-refractivity contribution >= 4 is 21.8 Å². The number of nitro groups is 1. The molecule has 2 aliphatic heterocycles. The van der Waals surface area contributed by atoms with Crippen molar-refractivity contribution in [1.29, 1.82) is 0 Å². The van der Waals surface area contributed by atoms with Crippen LogP contribution in [0.2, 0.25) is 0 Å². The molecule has 0 aromatic heterocycles. The Kier molecular flexibility index (Phi) is 6.77. The SMILES string of the molecule is CCc1cc([N+](=O)[O-])c(OC)cc1N1CCC(N2CCN([S+](C)(=O)O)CC2)CC1. The lowest BCUT2D eigenvalue weighted by atomic mass is 9.99. The molecule has 0 bridgehead atoms. The number of rotatable bonds is 6. The highest BCUT2D eigenvalue weighted by atomic mass is 32.3. The van der Waals surface area contributed by atoms with Crippen molar-refractivity contribution in [2.75, 3.05) is 57.5 Å². The van der Waals surface area contributed by atoms with Crippen molar-refractivity contribution in [3.05, 3.63) is 27.8 Å². The number of hydrogen-bond donors (Lipinski definition) is 1. The summed E-state index contributed by atoms with van der Waals surface area (Å²) in [6, 6.07) is 3.90. The Morgan fingerprint density at radius 2 is 1.83 bits per heavy atom. The van der Waals surface area contributed by atoms with Crippen LogP contribution >= 0.6 is 0 Å². The predicted octanol–water partition coefficient (Wildman–Crippen LogP) is 2.27. The summed E-state index contributed by atoms with van der Waals surface area (Å²) in [4.78, 5) is 15.6. The van der Waals surface area contributed by atoms with Crippen LogP contribution in [-0.4, -0.2) is 77.4 Å². The zero-order chi connectivity index (χ0) is 21.2. The van der Waals surface area contributed by atoms with Gasteiger partial charge in [-0.1, -0.05) is 11.2 Å². The van der Waals surface area contributed by atoms with E-state index in [1.165, 1.54) is 13.4 Å². The fourth-order valence-electron chi connectivity index (χ4n) is 4.36. The normalized spacial score (nSPS) is 21.7. The Labute approximate surface area is 173 Å². The van der Waals surface area contributed by atoms with Crippen molar-refractivity contribution in [1.82, 2.24) is 9.21 Å². The lowest BCUT2D eigenvalue weighted by Crippen LogP contribution is -2.55. The minimum Gasteiger partial charge on any atom is -0.490 e. The predicted molar refractivity (Wildman–Crippen MR) is 114 cm³/mol. The number of hydrogen-bond acceptors (Lipinski definition) is 6. The summed E-state index contributed by atoms with van der Waals surface area (Å²) >= 11 is 0. The Bertz CT molecular complexity index is 783. The van der Waals surface area contributed by atoms with E-state index in [1.54, 1.807) is 16.4 Å². The first-order valence-corrected chi connectivity index (χ1v) is 11.9. The van der Waals surface area contributed by atoms with Crippen LogP contribution in [0.5, 0.6) is 5.75 Å². The summed E-state index contributed by atoms with van der Waals surface area (Å²) in [7, 11) is -1.40. The molecule has 2 fully saturated rings. The number of piperidine rings is 1. The summed E-state index contributed by atoms with van der Waals surface area (Å²) in [6.07, 6.45) is 4.11. The van der Waals surface area contributed by atoms with Gasteiger partial charge in [-0.25, -0.2) is 0 Å². The van der Waals surface area contributed by atoms with Crippen LogP contribution < -0.4 is 9.64 Å². The maximum atomic E-state index is 11.8. The molecule has 10 heteroatoms. The molecule has 0 amide bonds. The number of methoxy groups -OCH3 is 1. The Hall–Kier alpha value is -1.75. The summed E-state index contributed by atoms with van der Waals surface area (Å²) in [5.74, 6) is 0.299. The number of anilines is 1. The van der Waals surface area contributed by atoms with Crippen molar-refractivity contribution < 1.29 is 18.4 Å². The van der Waals surface area contributed by atoms with Gasteiger partial charge in [0.1, 0.15) is 0 Å². The van der Waals surface area contributed by atoms with E-state index in [4.69, 9.17) is 4.74 Å². The molecule has 1 aromatic rings. The van der Waals surface area contributed by atoms with E-state index in [0.29, 0.717) is 24.9 Å². The van der Waals surface area contributed by atoms with Gasteiger partial charge in [-0.15, -0.1) is 0 Å². The Morgan fingerprint density at radius 1 is 1.21 bits per heavy atom. The summed E-state index contributed by atoms with van der Waals surface area (Å²) in [5, 5.41) is 11.3. The van der Waals surface area contributed by atoms with E-state index >= 15 is 0 Å². The zero-order valence-corrected chi connectivity index (χ0v) is 18.2. The van der Waals surface area contributed by atoms with Crippen molar-refractivity contribution in [2.45, 2.75) is 32.2 Å². The van der Waals surface area contributed by atoms with Gasteiger partial charge >= 0.3 is 5.69 Å². The van der Waals surface area contributed by atoms with Crippen LogP contribution in [0.25, 0.3) is 0 Å². The largest absolute Gasteiger partial charge is 0.490 e. The minimum absolute atomic E-state index is 0.0113. The first-order valence-electron chi connectivity index (χ1n) is 10.1. The zero-order valence-electron chi connectivity index (χ0n) is 17.4. The van der Waals surface area contributed by atoms with Crippen LogP contribution in [0.15, 0.2) is 12.1 Å². The smallest absolute Gasteiger partial charge is 0.311 e. The lowest BCUT2D eigenvalue weighted by Gasteiger charge is -2.42. The molecule has 3 rings (SSSR count). The number of nitrogens with zero attached hydrogens (tertiary/aromatic N) is 4. The first-order chi connectivity index (χ1) is 13.7. The van der Waals surface area contributed by atoms with E-state index in [2.05, 4.69) is 9.80 Å². The molecular formula is C19H31N4O5S+. The highest BCUT2D eigenvalue weighted by Gasteiger charge is 2.35. The van der Waals surface area contributed by atoms with Crippen molar-refractivity contribution in [2.24, 2.45) is 0 Å². The van der Waals surface area contributed by atoms with Crippen molar-refractivity contribution in [3.8, 4) is 5.75 Å². The first kappa shape index (κ1) is 21.9. The van der Waals surface area contributed by atoms with E-state index in [1.807, 2.05) is 6.92 Å². The van der Waals surface area contributed by atoms with Gasteiger partial charge in [0.15, 0.2) is 12.0 Å². The van der Waals surface area contributed by atoms with E-state index in [9.17, 15) is 18.9 Å². The average molecular weight is 428 g/mol. The van der Waals surface area contributed by atoms with E-state index < -0.39 is 15.3 Å². The fourth-order valence-corrected chi connectivity index (χ4v) is 5.20. The van der Waals surface area contributed by atoms with Gasteiger partial charge in [-0.05, 0) is 29.0 Å². The standard InChI is InChI=1S/C19H30N4O5S/c1-4-15-13-18(23(24)25)19(28-2)14-17(15)21-7-5-16(6-8-21)20-9-11-22(12-10-20)29(3,26)27/h13-14,16H,4-12H2,1-3H3/p+1. The van der Waals surface area contributed by atoms with Gasteiger partial charge in [0.2, 0.25) is 0 Å². The highest BCUT2D eigenvalue weighted by Crippen LogP contribution is 2.36. The van der Waals surface area contributed by atoms with Gasteiger partial charge < -0.3 is 9.64 Å². The molecule has 2 saturated heterocycles. The molecule has 0 saturated carbocycles. The van der Waals surface area contributed by atoms with Gasteiger partial charge in [0.05, 0.1) is 25.1 Å². The molecule has 1 atom stereocenters. The summed E-state index contributed by atoms with van der Waals surface area (Å²) < 4.78 is 28.5. The molecule has 2 heterocycles. The third-order valence-electron chi connectivity index (χ3n) is 6.03. The van der Waals surface area contributed by atoms with E-state index in [0.717, 1.165) is 56.7 Å². The molecule has 0 aliphatic carbocycles. The Morgan fingerprint density at radius 3 is 2.31 bits per heavy atom. The number of aryl methyl sites for hydroxylation is 1. The molecule has 162 valence electrons. The maximum absolute atomic E-state index is 11.8. The molecule has 1 aromatic carbocycles. The average Bonchev–Trinajstić information content (AvgIpc) is 2.72. The molecule has 0 spiro atoms. The topological polar surface area (TPSA) is 99.4 Å². The molecule has 2 aliphatic rings. The van der Waals surface area contributed by atoms with Crippen LogP contribution in [0, 0.1) is 10.1 Å². The van der Waals surface area contributed by atoms with Gasteiger partial charge in [-0.3, -0.25) is 15.0 Å². The maximum Gasteiger partial charge on any atom is 0.311 e. The second kappa shape index (κ2) is 8.95. The Balaban J connectivity index is 1.65. The van der Waals surface area contributed by atoms with E-state index in [-0.39, 0.29) is 5.69 Å². The molecule has 9 nitrogen and oxygen atoms in total. The van der Waals surface area contributed by atoms with Crippen LogP contribution in [0.1, 0.15) is 25.3 Å². The second-order valence-electron chi connectivity index (χ2n) is 7.71. The third-order valence-corrected chi connectivity index (χ3v) is 7.35. The molecular weight excluding hydrogens is 396 g/mol. The minimum atomic E-state index is -2.86. The van der Waals surface area contributed by atoms with Crippen LogP contribution in [0.4, 0.5) is 11.4 Å². The molecule has 1 N–H and O–H groups in total. The highest BCUT2D eigenvalue weighted by molar-refractivity contribution is 7.94. The van der Waals surface area contributed by atoms with Gasteiger partial charge in [0, 0.05) is 50.0 Å². The second-order valence-corrected chi connectivity index (χ2v) is 9.75. The monoisotopic (exact) mass is 427 g/mol. The number of ether oxygens (including phenoxy) is 1.